The van der Waals surface area contributed by atoms with Crippen molar-refractivity contribution in [1.29, 1.82) is 0 Å². The van der Waals surface area contributed by atoms with Gasteiger partial charge in [-0.1, -0.05) is 6.07 Å². The maximum absolute atomic E-state index is 12.6. The number of nitrogens with one attached hydrogen (secondary N) is 1. The van der Waals surface area contributed by atoms with Gasteiger partial charge in [0.05, 0.1) is 4.92 Å². The van der Waals surface area contributed by atoms with Gasteiger partial charge in [0.25, 0.3) is 11.6 Å². The van der Waals surface area contributed by atoms with E-state index in [1.807, 2.05) is 0 Å². The number of hydrogen-bond donors (Lipinski definition) is 1. The Labute approximate surface area is 140 Å². The van der Waals surface area contributed by atoms with Gasteiger partial charge in [0.2, 0.25) is 0 Å². The van der Waals surface area contributed by atoms with Crippen molar-refractivity contribution in [3.8, 4) is 0 Å². The molecule has 0 aliphatic heterocycles. The number of aryl methyl sites for hydroxylation is 2. The first kappa shape index (κ1) is 18.4. The molecule has 0 saturated heterocycles. The third kappa shape index (κ3) is 4.78. The van der Waals surface area contributed by atoms with Gasteiger partial charge in [0.1, 0.15) is 0 Å². The molecule has 0 unspecified atom stereocenters. The Hall–Kier alpha value is -2.91. The van der Waals surface area contributed by atoms with Gasteiger partial charge < -0.3 is 5.32 Å². The predicted octanol–water partition coefficient (Wildman–Crippen LogP) is 2.94. The fraction of sp³-hybridized carbons (Fsp3) is 0.333. The number of halogens is 3. The number of carbonyl (C=O) groups excluding carboxylic acids is 1. The molecule has 2 rings (SSSR count). The van der Waals surface area contributed by atoms with Crippen LogP contribution in [-0.4, -0.2) is 27.2 Å². The quantitative estimate of drug-likeness (QED) is 0.489. The van der Waals surface area contributed by atoms with E-state index in [9.17, 15) is 28.1 Å². The summed E-state index contributed by atoms with van der Waals surface area (Å²) in [4.78, 5) is 22.0. The third-order valence-corrected chi connectivity index (χ3v) is 3.42. The van der Waals surface area contributed by atoms with Gasteiger partial charge >= 0.3 is 6.18 Å². The van der Waals surface area contributed by atoms with Crippen LogP contribution in [0.25, 0.3) is 0 Å². The topological polar surface area (TPSA) is 90.1 Å². The molecular weight excluding hydrogens is 341 g/mol. The van der Waals surface area contributed by atoms with Gasteiger partial charge in [-0.05, 0) is 25.5 Å². The Kier molecular flexibility index (Phi) is 5.40. The first-order chi connectivity index (χ1) is 11.7. The number of carbonyl (C=O) groups is 1. The minimum Gasteiger partial charge on any atom is -0.352 e. The van der Waals surface area contributed by atoms with Gasteiger partial charge in [0.15, 0.2) is 5.69 Å². The Morgan fingerprint density at radius 1 is 1.36 bits per heavy atom. The minimum atomic E-state index is -4.49. The van der Waals surface area contributed by atoms with Gasteiger partial charge in [-0.15, -0.1) is 0 Å². The normalized spacial score (nSPS) is 11.4. The molecule has 0 aliphatic rings. The predicted molar refractivity (Wildman–Crippen MR) is 82.0 cm³/mol. The van der Waals surface area contributed by atoms with E-state index in [4.69, 9.17) is 0 Å². The molecule has 0 saturated carbocycles. The summed E-state index contributed by atoms with van der Waals surface area (Å²) in [5.41, 5.74) is -0.633. The molecule has 0 spiro atoms. The van der Waals surface area contributed by atoms with Crippen molar-refractivity contribution in [3.63, 3.8) is 0 Å². The van der Waals surface area contributed by atoms with Gasteiger partial charge in [-0.2, -0.15) is 18.3 Å². The number of hydrogen-bond acceptors (Lipinski definition) is 4. The monoisotopic (exact) mass is 356 g/mol. The van der Waals surface area contributed by atoms with Crippen LogP contribution in [0.15, 0.2) is 30.3 Å². The second-order valence-electron chi connectivity index (χ2n) is 5.31. The molecule has 7 nitrogen and oxygen atoms in total. The number of rotatable bonds is 6. The van der Waals surface area contributed by atoms with Gasteiger partial charge in [-0.25, -0.2) is 0 Å². The summed E-state index contributed by atoms with van der Waals surface area (Å²) in [5.74, 6) is -0.489. The Bertz CT molecular complexity index is 787. The molecular formula is C15H15F3N4O3. The van der Waals surface area contributed by atoms with Crippen LogP contribution >= 0.6 is 0 Å². The second kappa shape index (κ2) is 7.32. The van der Waals surface area contributed by atoms with Crippen LogP contribution in [0.5, 0.6) is 0 Å². The van der Waals surface area contributed by atoms with Crippen molar-refractivity contribution in [2.24, 2.45) is 0 Å². The largest absolute Gasteiger partial charge is 0.435 e. The van der Waals surface area contributed by atoms with Crippen molar-refractivity contribution < 1.29 is 22.9 Å². The molecule has 0 aliphatic carbocycles. The van der Waals surface area contributed by atoms with Crippen molar-refractivity contribution in [1.82, 2.24) is 15.1 Å². The average molecular weight is 356 g/mol. The number of benzene rings is 1. The van der Waals surface area contributed by atoms with E-state index in [2.05, 4.69) is 10.4 Å². The van der Waals surface area contributed by atoms with Crippen LogP contribution in [-0.2, 0) is 12.7 Å². The number of nitro groups is 1. The third-order valence-electron chi connectivity index (χ3n) is 3.42. The zero-order valence-corrected chi connectivity index (χ0v) is 13.2. The van der Waals surface area contributed by atoms with Crippen LogP contribution in [0.4, 0.5) is 18.9 Å². The summed E-state index contributed by atoms with van der Waals surface area (Å²) < 4.78 is 38.9. The van der Waals surface area contributed by atoms with Crippen molar-refractivity contribution in [3.05, 3.63) is 57.4 Å². The van der Waals surface area contributed by atoms with E-state index in [0.29, 0.717) is 12.1 Å². The van der Waals surface area contributed by atoms with E-state index < -0.39 is 22.7 Å². The highest BCUT2D eigenvalue weighted by Gasteiger charge is 2.34. The zero-order valence-electron chi connectivity index (χ0n) is 13.2. The lowest BCUT2D eigenvalue weighted by molar-refractivity contribution is -0.384. The van der Waals surface area contributed by atoms with Crippen molar-refractivity contribution >= 4 is 11.6 Å². The van der Waals surface area contributed by atoms with E-state index in [1.54, 1.807) is 0 Å². The van der Waals surface area contributed by atoms with E-state index >= 15 is 0 Å². The lowest BCUT2D eigenvalue weighted by Crippen LogP contribution is -2.25. The standard InChI is InChI=1S/C15H15F3N4O3/c1-10-8-13(15(16,17)18)20-21(10)7-3-6-19-14(23)11-4-2-5-12(9-11)22(24)25/h2,4-5,8-9H,3,6-7H2,1H3,(H,19,23). The summed E-state index contributed by atoms with van der Waals surface area (Å²) in [6.45, 7) is 1.92. The van der Waals surface area contributed by atoms with Crippen molar-refractivity contribution in [2.75, 3.05) is 6.54 Å². The van der Waals surface area contributed by atoms with Gasteiger partial charge in [-0.3, -0.25) is 19.6 Å². The Balaban J connectivity index is 1.87. The number of aromatic nitrogens is 2. The maximum atomic E-state index is 12.6. The molecule has 2 aromatic rings. The van der Waals surface area contributed by atoms with E-state index in [-0.39, 0.29) is 24.3 Å². The van der Waals surface area contributed by atoms with E-state index in [1.165, 1.54) is 29.8 Å². The maximum Gasteiger partial charge on any atom is 0.435 e. The number of alkyl halides is 3. The van der Waals surface area contributed by atoms with Crippen molar-refractivity contribution in [2.45, 2.75) is 26.1 Å². The van der Waals surface area contributed by atoms with Crippen LogP contribution in [0.3, 0.4) is 0 Å². The minimum absolute atomic E-state index is 0.142. The number of amides is 1. The summed E-state index contributed by atoms with van der Waals surface area (Å²) in [6, 6.07) is 6.23. The highest BCUT2D eigenvalue weighted by molar-refractivity contribution is 5.94. The van der Waals surface area contributed by atoms with Crippen LogP contribution < -0.4 is 5.32 Å². The molecule has 0 atom stereocenters. The highest BCUT2D eigenvalue weighted by Crippen LogP contribution is 2.28. The Morgan fingerprint density at radius 3 is 2.68 bits per heavy atom. The molecule has 1 N–H and O–H groups in total. The summed E-state index contributed by atoms with van der Waals surface area (Å²) >= 11 is 0. The van der Waals surface area contributed by atoms with Crippen LogP contribution in [0.2, 0.25) is 0 Å². The SMILES string of the molecule is Cc1cc(C(F)(F)F)nn1CCCNC(=O)c1cccc([N+](=O)[O-])c1. The second-order valence-corrected chi connectivity index (χ2v) is 5.31. The zero-order chi connectivity index (χ0) is 18.6. The molecule has 1 heterocycles. The molecule has 0 fully saturated rings. The average Bonchev–Trinajstić information content (AvgIpc) is 2.92. The summed E-state index contributed by atoms with van der Waals surface area (Å²) in [6.07, 6.45) is -4.13. The smallest absolute Gasteiger partial charge is 0.352 e. The molecule has 1 aromatic carbocycles. The molecule has 134 valence electrons. The molecule has 1 aromatic heterocycles. The lowest BCUT2D eigenvalue weighted by Gasteiger charge is -2.07. The number of non-ortho nitro benzene ring substituents is 1. The molecule has 0 bridgehead atoms. The molecule has 10 heteroatoms. The van der Waals surface area contributed by atoms with Crippen LogP contribution in [0.1, 0.15) is 28.2 Å². The number of nitrogens with zero attached hydrogens (tertiary/aromatic N) is 3. The number of nitro benzene ring substituents is 1. The summed E-state index contributed by atoms with van der Waals surface area (Å²) in [5, 5.41) is 16.7. The molecule has 1 amide bonds. The van der Waals surface area contributed by atoms with E-state index in [0.717, 1.165) is 12.1 Å². The molecule has 0 radical (unpaired) electrons. The highest BCUT2D eigenvalue weighted by atomic mass is 19.4. The first-order valence-electron chi connectivity index (χ1n) is 7.33. The first-order valence-corrected chi connectivity index (χ1v) is 7.33. The van der Waals surface area contributed by atoms with Crippen LogP contribution in [0, 0.1) is 17.0 Å². The van der Waals surface area contributed by atoms with Gasteiger partial charge in [0, 0.05) is 36.5 Å². The summed E-state index contributed by atoms with van der Waals surface area (Å²) in [7, 11) is 0. The lowest BCUT2D eigenvalue weighted by atomic mass is 10.2. The fourth-order valence-corrected chi connectivity index (χ4v) is 2.17. The Morgan fingerprint density at radius 2 is 2.08 bits per heavy atom. The fourth-order valence-electron chi connectivity index (χ4n) is 2.17. The molecule has 25 heavy (non-hydrogen) atoms.